The quantitative estimate of drug-likeness (QED) is 0.353. The smallest absolute Gasteiger partial charge is 0.219 e. The number of hydrogen-bond donors (Lipinski definition) is 0. The van der Waals surface area contributed by atoms with Crippen LogP contribution in [0, 0.1) is 0 Å². The second-order valence-corrected chi connectivity index (χ2v) is 6.73. The fourth-order valence-electron chi connectivity index (χ4n) is 2.43. The van der Waals surface area contributed by atoms with Gasteiger partial charge in [0.25, 0.3) is 0 Å². The molecule has 0 spiro atoms. The molecule has 3 rings (SSSR count). The number of ether oxygens (including phenoxy) is 1. The van der Waals surface area contributed by atoms with Gasteiger partial charge in [-0.1, -0.05) is 47.5 Å². The molecule has 0 N–H and O–H groups in total. The van der Waals surface area contributed by atoms with E-state index in [-0.39, 0.29) is 11.6 Å². The maximum absolute atomic E-state index is 12.3. The van der Waals surface area contributed by atoms with E-state index in [1.807, 2.05) is 0 Å². The van der Waals surface area contributed by atoms with Crippen LogP contribution in [0.5, 0.6) is 11.6 Å². The lowest BCUT2D eigenvalue weighted by atomic mass is 10.1. The first-order valence-electron chi connectivity index (χ1n) is 8.35. The summed E-state index contributed by atoms with van der Waals surface area (Å²) in [6.07, 6.45) is 4.51. The minimum absolute atomic E-state index is 0.102. The average molecular weight is 412 g/mol. The first kappa shape index (κ1) is 19.8. The van der Waals surface area contributed by atoms with Crippen LogP contribution < -0.4 is 4.74 Å². The molecule has 0 aliphatic heterocycles. The highest BCUT2D eigenvalue weighted by atomic mass is 35.5. The largest absolute Gasteiger partial charge is 0.438 e. The molecule has 28 heavy (non-hydrogen) atoms. The lowest BCUT2D eigenvalue weighted by Gasteiger charge is -2.08. The Kier molecular flexibility index (Phi) is 6.24. The lowest BCUT2D eigenvalue weighted by molar-refractivity contribution is 0.101. The molecule has 0 atom stereocenters. The number of ketones is 2. The Morgan fingerprint density at radius 3 is 2.46 bits per heavy atom. The fraction of sp³-hybridized carbons (Fsp3) is 0.0455. The van der Waals surface area contributed by atoms with E-state index in [0.717, 1.165) is 5.56 Å². The van der Waals surface area contributed by atoms with Crippen molar-refractivity contribution >= 4 is 40.8 Å². The summed E-state index contributed by atoms with van der Waals surface area (Å²) in [5.74, 6) is 0.392. The monoisotopic (exact) mass is 411 g/mol. The second-order valence-electron chi connectivity index (χ2n) is 5.91. The van der Waals surface area contributed by atoms with Crippen molar-refractivity contribution < 1.29 is 14.3 Å². The van der Waals surface area contributed by atoms with Gasteiger partial charge in [0.2, 0.25) is 5.88 Å². The Labute approximate surface area is 172 Å². The number of aromatic nitrogens is 1. The third kappa shape index (κ3) is 4.85. The minimum atomic E-state index is -0.214. The van der Waals surface area contributed by atoms with E-state index in [4.69, 9.17) is 27.9 Å². The van der Waals surface area contributed by atoms with E-state index >= 15 is 0 Å². The summed E-state index contributed by atoms with van der Waals surface area (Å²) >= 11 is 11.8. The molecule has 0 saturated carbocycles. The number of Topliss-reactive ketones (excluding diaryl/α,β-unsaturated/α-hetero) is 1. The maximum atomic E-state index is 12.3. The van der Waals surface area contributed by atoms with Crippen LogP contribution in [0.2, 0.25) is 10.0 Å². The van der Waals surface area contributed by atoms with Crippen LogP contribution in [0.1, 0.15) is 33.2 Å². The van der Waals surface area contributed by atoms with Crippen molar-refractivity contribution in [3.05, 3.63) is 93.6 Å². The van der Waals surface area contributed by atoms with Crippen molar-refractivity contribution in [2.45, 2.75) is 6.92 Å². The normalized spacial score (nSPS) is 10.8. The number of rotatable bonds is 6. The van der Waals surface area contributed by atoms with Crippen LogP contribution in [0.15, 0.2) is 66.9 Å². The summed E-state index contributed by atoms with van der Waals surface area (Å²) in [4.78, 5) is 28.1. The molecule has 1 aromatic heterocycles. The predicted molar refractivity (Wildman–Crippen MR) is 111 cm³/mol. The van der Waals surface area contributed by atoms with Crippen LogP contribution in [0.25, 0.3) is 6.08 Å². The van der Waals surface area contributed by atoms with E-state index in [1.165, 1.54) is 19.2 Å². The van der Waals surface area contributed by atoms with Gasteiger partial charge in [0, 0.05) is 17.8 Å². The molecule has 0 unspecified atom stereocenters. The summed E-state index contributed by atoms with van der Waals surface area (Å²) in [5.41, 5.74) is 1.63. The molecule has 6 heteroatoms. The van der Waals surface area contributed by atoms with Crippen LogP contribution >= 0.6 is 23.2 Å². The Morgan fingerprint density at radius 1 is 1.00 bits per heavy atom. The predicted octanol–water partition coefficient (Wildman–Crippen LogP) is 6.28. The molecule has 0 aliphatic carbocycles. The third-order valence-corrected chi connectivity index (χ3v) is 4.61. The number of nitrogens with zero attached hydrogens (tertiary/aromatic N) is 1. The second kappa shape index (κ2) is 8.83. The summed E-state index contributed by atoms with van der Waals surface area (Å²) in [6, 6.07) is 15.2. The molecule has 0 radical (unpaired) electrons. The Balaban J connectivity index is 1.72. The molecule has 2 aromatic carbocycles. The van der Waals surface area contributed by atoms with Crippen molar-refractivity contribution in [1.29, 1.82) is 0 Å². The van der Waals surface area contributed by atoms with Crippen LogP contribution in [-0.2, 0) is 0 Å². The molecular formula is C22H15Cl2NO3. The van der Waals surface area contributed by atoms with Gasteiger partial charge >= 0.3 is 0 Å². The zero-order chi connectivity index (χ0) is 20.1. The Morgan fingerprint density at radius 2 is 1.79 bits per heavy atom. The van der Waals surface area contributed by atoms with Crippen molar-refractivity contribution in [2.75, 3.05) is 0 Å². The van der Waals surface area contributed by atoms with E-state index in [0.29, 0.717) is 32.8 Å². The van der Waals surface area contributed by atoms with Crippen molar-refractivity contribution in [2.24, 2.45) is 0 Å². The molecule has 0 saturated heterocycles. The summed E-state index contributed by atoms with van der Waals surface area (Å²) in [7, 11) is 0. The lowest BCUT2D eigenvalue weighted by Crippen LogP contribution is -1.99. The molecular weight excluding hydrogens is 397 g/mol. The van der Waals surface area contributed by atoms with Crippen LogP contribution in [0.3, 0.4) is 0 Å². The number of halogens is 2. The maximum Gasteiger partial charge on any atom is 0.219 e. The van der Waals surface area contributed by atoms with Crippen molar-refractivity contribution in [3.63, 3.8) is 0 Å². The van der Waals surface area contributed by atoms with E-state index in [1.54, 1.807) is 60.7 Å². The molecule has 0 bridgehead atoms. The molecule has 0 fully saturated rings. The van der Waals surface area contributed by atoms with E-state index < -0.39 is 0 Å². The summed E-state index contributed by atoms with van der Waals surface area (Å²) in [5, 5.41) is 0.876. The highest BCUT2D eigenvalue weighted by molar-refractivity contribution is 6.42. The van der Waals surface area contributed by atoms with Gasteiger partial charge in [-0.25, -0.2) is 4.98 Å². The molecule has 0 amide bonds. The zero-order valence-corrected chi connectivity index (χ0v) is 16.4. The average Bonchev–Trinajstić information content (AvgIpc) is 2.69. The number of para-hydroxylation sites is 1. The standard InChI is InChI=1S/C22H15Cl2NO3/c1-14(26)17-4-2-3-5-21(17)28-22-11-8-16(13-25-22)20(27)10-7-15-6-9-18(23)19(24)12-15/h2-13H,1H3/b10-7+. The number of carbonyl (C=O) groups is 2. The van der Waals surface area contributed by atoms with Gasteiger partial charge in [-0.2, -0.15) is 0 Å². The Bertz CT molecular complexity index is 1060. The summed E-state index contributed by atoms with van der Waals surface area (Å²) in [6.45, 7) is 1.47. The first-order valence-corrected chi connectivity index (χ1v) is 9.11. The topological polar surface area (TPSA) is 56.3 Å². The van der Waals surface area contributed by atoms with Crippen LogP contribution in [-0.4, -0.2) is 16.6 Å². The molecule has 1 heterocycles. The number of carbonyl (C=O) groups excluding carboxylic acids is 2. The molecule has 0 aliphatic rings. The van der Waals surface area contributed by atoms with Crippen LogP contribution in [0.4, 0.5) is 0 Å². The van der Waals surface area contributed by atoms with Gasteiger partial charge < -0.3 is 4.74 Å². The molecule has 140 valence electrons. The van der Waals surface area contributed by atoms with Gasteiger partial charge in [0.15, 0.2) is 11.6 Å². The van der Waals surface area contributed by atoms with Crippen molar-refractivity contribution in [1.82, 2.24) is 4.98 Å². The highest BCUT2D eigenvalue weighted by Gasteiger charge is 2.10. The van der Waals surface area contributed by atoms with Gasteiger partial charge in [-0.15, -0.1) is 0 Å². The SMILES string of the molecule is CC(=O)c1ccccc1Oc1ccc(C(=O)/C=C/c2ccc(Cl)c(Cl)c2)cn1. The number of pyridine rings is 1. The first-order chi connectivity index (χ1) is 13.4. The van der Waals surface area contributed by atoms with E-state index in [2.05, 4.69) is 4.98 Å². The Hall–Kier alpha value is -2.95. The third-order valence-electron chi connectivity index (χ3n) is 3.87. The summed E-state index contributed by atoms with van der Waals surface area (Å²) < 4.78 is 5.67. The minimum Gasteiger partial charge on any atom is -0.438 e. The number of allylic oxidation sites excluding steroid dienone is 1. The highest BCUT2D eigenvalue weighted by Crippen LogP contribution is 2.25. The number of benzene rings is 2. The molecule has 3 aromatic rings. The zero-order valence-electron chi connectivity index (χ0n) is 14.9. The van der Waals surface area contributed by atoms with Gasteiger partial charge in [0.1, 0.15) is 5.75 Å². The van der Waals surface area contributed by atoms with Crippen molar-refractivity contribution in [3.8, 4) is 11.6 Å². The van der Waals surface area contributed by atoms with E-state index in [9.17, 15) is 9.59 Å². The van der Waals surface area contributed by atoms with Gasteiger partial charge in [-0.3, -0.25) is 9.59 Å². The van der Waals surface area contributed by atoms with Gasteiger partial charge in [0.05, 0.1) is 15.6 Å². The van der Waals surface area contributed by atoms with Gasteiger partial charge in [-0.05, 0) is 48.9 Å². The number of hydrogen-bond acceptors (Lipinski definition) is 4. The fourth-order valence-corrected chi connectivity index (χ4v) is 2.74. The molecule has 4 nitrogen and oxygen atoms in total.